The minimum atomic E-state index is -1.26. The van der Waals surface area contributed by atoms with Crippen molar-refractivity contribution in [3.05, 3.63) is 144 Å². The first-order valence-electron chi connectivity index (χ1n) is 18.8. The van der Waals surface area contributed by atoms with Crippen molar-refractivity contribution >= 4 is 23.8 Å². The third-order valence-electron chi connectivity index (χ3n) is 9.62. The van der Waals surface area contributed by atoms with Crippen LogP contribution < -0.4 is 10.6 Å². The molecule has 54 heavy (non-hydrogen) atoms. The van der Waals surface area contributed by atoms with E-state index in [2.05, 4.69) is 10.6 Å². The number of carbonyl (C=O) groups is 4. The van der Waals surface area contributed by atoms with Gasteiger partial charge in [0, 0.05) is 0 Å². The van der Waals surface area contributed by atoms with E-state index in [-0.39, 0.29) is 50.7 Å². The molecule has 286 valence electrons. The summed E-state index contributed by atoms with van der Waals surface area (Å²) in [6, 6.07) is 35.9. The molecule has 4 rings (SSSR count). The van der Waals surface area contributed by atoms with Crippen molar-refractivity contribution in [3.8, 4) is 0 Å². The molecule has 4 aromatic carbocycles. The van der Waals surface area contributed by atoms with Gasteiger partial charge < -0.3 is 25.2 Å². The molecule has 0 radical (unpaired) electrons. The van der Waals surface area contributed by atoms with E-state index in [0.717, 1.165) is 22.3 Å². The average molecular weight is 735 g/mol. The van der Waals surface area contributed by atoms with Gasteiger partial charge in [-0.3, -0.25) is 19.2 Å². The zero-order valence-electron chi connectivity index (χ0n) is 31.7. The topological polar surface area (TPSA) is 131 Å². The van der Waals surface area contributed by atoms with E-state index < -0.39 is 53.8 Å². The lowest BCUT2D eigenvalue weighted by Crippen LogP contribution is -2.57. The average Bonchev–Trinajstić information content (AvgIpc) is 3.17. The van der Waals surface area contributed by atoms with Crippen molar-refractivity contribution in [2.24, 2.45) is 23.7 Å². The maximum atomic E-state index is 14.0. The Labute approximate surface area is 319 Å². The number of amides is 2. The zero-order chi connectivity index (χ0) is 38.9. The van der Waals surface area contributed by atoms with E-state index in [4.69, 9.17) is 9.47 Å². The lowest BCUT2D eigenvalue weighted by molar-refractivity contribution is -0.149. The number of esters is 2. The lowest BCUT2D eigenvalue weighted by atomic mass is 9.87. The molecule has 0 heterocycles. The maximum absolute atomic E-state index is 14.0. The molecular formula is C45H54N2O7. The number of ether oxygens (including phenoxy) is 2. The van der Waals surface area contributed by atoms with Crippen molar-refractivity contribution < 1.29 is 33.8 Å². The van der Waals surface area contributed by atoms with E-state index >= 15 is 0 Å². The molecule has 9 nitrogen and oxygen atoms in total. The zero-order valence-corrected chi connectivity index (χ0v) is 31.7. The number of aliphatic hydroxyl groups is 1. The molecule has 4 atom stereocenters. The standard InChI is InChI=1S/C45H54N2O7/c1-31(2)37(27-41(48)53-29-35-21-13-7-14-22-35)44(51)46-39(25-33-17-9-5-10-18-33)43(50)40(26-34-19-11-6-12-20-34)47-45(52)38(32(3)4)28-42(49)54-30-36-23-15-8-16-24-36/h5-24,31-32,37-40,43,50H,25-30H2,1-4H3,(H,46,51)(H,47,52). The second-order valence-corrected chi connectivity index (χ2v) is 14.5. The van der Waals surface area contributed by atoms with Crippen LogP contribution in [0.5, 0.6) is 0 Å². The lowest BCUT2D eigenvalue weighted by Gasteiger charge is -2.34. The van der Waals surface area contributed by atoms with Gasteiger partial charge in [-0.15, -0.1) is 0 Å². The molecule has 3 N–H and O–H groups in total. The summed E-state index contributed by atoms with van der Waals surface area (Å²) >= 11 is 0. The van der Waals surface area contributed by atoms with Gasteiger partial charge in [0.25, 0.3) is 0 Å². The highest BCUT2D eigenvalue weighted by atomic mass is 16.5. The van der Waals surface area contributed by atoms with Crippen molar-refractivity contribution in [2.45, 2.75) is 84.8 Å². The molecule has 0 aliphatic rings. The molecule has 2 amide bonds. The van der Waals surface area contributed by atoms with Gasteiger partial charge in [-0.05, 0) is 46.9 Å². The summed E-state index contributed by atoms with van der Waals surface area (Å²) in [6.45, 7) is 7.67. The fraction of sp³-hybridized carbons (Fsp3) is 0.378. The summed E-state index contributed by atoms with van der Waals surface area (Å²) in [7, 11) is 0. The molecule has 0 saturated carbocycles. The number of carbonyl (C=O) groups excluding carboxylic acids is 4. The quantitative estimate of drug-likeness (QED) is 0.0871. The van der Waals surface area contributed by atoms with Gasteiger partial charge in [0.15, 0.2) is 0 Å². The molecule has 9 heteroatoms. The SMILES string of the molecule is CC(C)C(CC(=O)OCc1ccccc1)C(=O)NC(Cc1ccccc1)C(O)C(Cc1ccccc1)NC(=O)C(CC(=O)OCc1ccccc1)C(C)C. The van der Waals surface area contributed by atoms with Crippen LogP contribution in [0.1, 0.15) is 62.8 Å². The summed E-state index contributed by atoms with van der Waals surface area (Å²) in [5.41, 5.74) is 3.43. The van der Waals surface area contributed by atoms with Crippen LogP contribution in [0.2, 0.25) is 0 Å². The first kappa shape index (κ1) is 41.5. The van der Waals surface area contributed by atoms with Crippen LogP contribution >= 0.6 is 0 Å². The third kappa shape index (κ3) is 13.6. The minimum absolute atomic E-state index is 0.102. The van der Waals surface area contributed by atoms with Gasteiger partial charge >= 0.3 is 11.9 Å². The number of benzene rings is 4. The third-order valence-corrected chi connectivity index (χ3v) is 9.62. The summed E-state index contributed by atoms with van der Waals surface area (Å²) in [6.07, 6.45) is -1.00. The van der Waals surface area contributed by atoms with Crippen LogP contribution in [-0.2, 0) is 54.7 Å². The number of aliphatic hydroxyl groups excluding tert-OH is 1. The Hall–Kier alpha value is -5.28. The maximum Gasteiger partial charge on any atom is 0.306 e. The van der Waals surface area contributed by atoms with Gasteiger partial charge in [-0.1, -0.05) is 149 Å². The Bertz CT molecular complexity index is 1600. The molecule has 0 fully saturated rings. The van der Waals surface area contributed by atoms with Crippen LogP contribution in [0.4, 0.5) is 0 Å². The summed E-state index contributed by atoms with van der Waals surface area (Å²) < 4.78 is 11.0. The molecular weight excluding hydrogens is 681 g/mol. The first-order valence-corrected chi connectivity index (χ1v) is 18.8. The van der Waals surface area contributed by atoms with Crippen LogP contribution in [-0.4, -0.2) is 47.0 Å². The van der Waals surface area contributed by atoms with Crippen molar-refractivity contribution in [2.75, 3.05) is 0 Å². The summed E-state index contributed by atoms with van der Waals surface area (Å²) in [5.74, 6) is -3.66. The highest BCUT2D eigenvalue weighted by molar-refractivity contribution is 5.85. The molecule has 0 saturated heterocycles. The number of rotatable bonds is 20. The van der Waals surface area contributed by atoms with Crippen molar-refractivity contribution in [3.63, 3.8) is 0 Å². The molecule has 0 aromatic heterocycles. The van der Waals surface area contributed by atoms with E-state index in [1.165, 1.54) is 0 Å². The normalized spacial score (nSPS) is 14.0. The Balaban J connectivity index is 1.54. The molecule has 4 aromatic rings. The molecule has 0 aliphatic heterocycles. The van der Waals surface area contributed by atoms with Crippen LogP contribution in [0.15, 0.2) is 121 Å². The Morgan fingerprint density at radius 1 is 0.500 bits per heavy atom. The molecule has 0 spiro atoms. The predicted molar refractivity (Wildman–Crippen MR) is 209 cm³/mol. The van der Waals surface area contributed by atoms with Crippen LogP contribution in [0, 0.1) is 23.7 Å². The molecule has 4 unspecified atom stereocenters. The van der Waals surface area contributed by atoms with E-state index in [0.29, 0.717) is 0 Å². The summed E-state index contributed by atoms with van der Waals surface area (Å²) in [5, 5.41) is 18.3. The van der Waals surface area contributed by atoms with E-state index in [1.54, 1.807) is 0 Å². The monoisotopic (exact) mass is 734 g/mol. The fourth-order valence-electron chi connectivity index (χ4n) is 6.33. The highest BCUT2D eigenvalue weighted by Gasteiger charge is 2.36. The Morgan fingerprint density at radius 3 is 1.09 bits per heavy atom. The Kier molecular flexibility index (Phi) is 16.5. The Morgan fingerprint density at radius 2 is 0.796 bits per heavy atom. The molecule has 0 aliphatic carbocycles. The largest absolute Gasteiger partial charge is 0.461 e. The van der Waals surface area contributed by atoms with Gasteiger partial charge in [0.2, 0.25) is 11.8 Å². The van der Waals surface area contributed by atoms with Gasteiger partial charge in [0.1, 0.15) is 13.2 Å². The van der Waals surface area contributed by atoms with E-state index in [9.17, 15) is 24.3 Å². The predicted octanol–water partition coefficient (Wildman–Crippen LogP) is 6.61. The number of nitrogens with one attached hydrogen (secondary N) is 2. The van der Waals surface area contributed by atoms with Gasteiger partial charge in [-0.25, -0.2) is 0 Å². The van der Waals surface area contributed by atoms with Crippen LogP contribution in [0.3, 0.4) is 0 Å². The molecule has 0 bridgehead atoms. The first-order chi connectivity index (χ1) is 26.0. The van der Waals surface area contributed by atoms with Gasteiger partial charge in [-0.2, -0.15) is 0 Å². The second kappa shape index (κ2) is 21.4. The number of hydrogen-bond donors (Lipinski definition) is 3. The van der Waals surface area contributed by atoms with E-state index in [1.807, 2.05) is 149 Å². The van der Waals surface area contributed by atoms with Crippen LogP contribution in [0.25, 0.3) is 0 Å². The van der Waals surface area contributed by atoms with Crippen molar-refractivity contribution in [1.82, 2.24) is 10.6 Å². The highest BCUT2D eigenvalue weighted by Crippen LogP contribution is 2.22. The summed E-state index contributed by atoms with van der Waals surface area (Å²) in [4.78, 5) is 53.9. The second-order valence-electron chi connectivity index (χ2n) is 14.5. The van der Waals surface area contributed by atoms with Crippen molar-refractivity contribution in [1.29, 1.82) is 0 Å². The minimum Gasteiger partial charge on any atom is -0.461 e. The van der Waals surface area contributed by atoms with Gasteiger partial charge in [0.05, 0.1) is 42.9 Å². The fourth-order valence-corrected chi connectivity index (χ4v) is 6.33. The number of hydrogen-bond acceptors (Lipinski definition) is 7. The smallest absolute Gasteiger partial charge is 0.306 e.